The summed E-state index contributed by atoms with van der Waals surface area (Å²) in [6.45, 7) is 13.1. The van der Waals surface area contributed by atoms with Gasteiger partial charge in [0.25, 0.3) is 0 Å². The fourth-order valence-electron chi connectivity index (χ4n) is 2.16. The van der Waals surface area contributed by atoms with Crippen LogP contribution in [0.25, 0.3) is 0 Å². The summed E-state index contributed by atoms with van der Waals surface area (Å²) in [6.07, 6.45) is 0. The molecule has 0 aliphatic heterocycles. The number of nitrogens with zero attached hydrogens (tertiary/aromatic N) is 1. The highest BCUT2D eigenvalue weighted by molar-refractivity contribution is 5.25. The minimum Gasteiger partial charge on any atom is -0.309 e. The normalized spacial score (nSPS) is 13.0. The Morgan fingerprint density at radius 1 is 1.18 bits per heavy atom. The zero-order valence-electron chi connectivity index (χ0n) is 11.7. The van der Waals surface area contributed by atoms with Crippen molar-refractivity contribution in [2.24, 2.45) is 0 Å². The highest BCUT2D eigenvalue weighted by atomic mass is 15.1. The second-order valence-electron chi connectivity index (χ2n) is 4.51. The molecule has 0 radical (unpaired) electrons. The standard InChI is InChI=1S/C15H26N2/c1-5-16-15(12-17(6-2)7-3)14-10-8-9-13(4)11-14/h8-11,15-16H,5-7,12H2,1-4H3. The minimum atomic E-state index is 0.444. The molecule has 0 aliphatic carbocycles. The van der Waals surface area contributed by atoms with Crippen molar-refractivity contribution in [2.75, 3.05) is 26.2 Å². The van der Waals surface area contributed by atoms with Gasteiger partial charge >= 0.3 is 0 Å². The molecule has 0 saturated heterocycles. The van der Waals surface area contributed by atoms with E-state index in [-0.39, 0.29) is 0 Å². The first-order valence-corrected chi connectivity index (χ1v) is 6.73. The van der Waals surface area contributed by atoms with Crippen molar-refractivity contribution in [3.05, 3.63) is 35.4 Å². The van der Waals surface area contributed by atoms with Crippen LogP contribution in [0.15, 0.2) is 24.3 Å². The Bertz CT molecular complexity index is 318. The summed E-state index contributed by atoms with van der Waals surface area (Å²) in [5, 5.41) is 3.58. The number of benzene rings is 1. The summed E-state index contributed by atoms with van der Waals surface area (Å²) in [4.78, 5) is 2.47. The number of hydrogen-bond acceptors (Lipinski definition) is 2. The average molecular weight is 234 g/mol. The third kappa shape index (κ3) is 4.49. The molecule has 17 heavy (non-hydrogen) atoms. The molecular formula is C15H26N2. The zero-order chi connectivity index (χ0) is 12.7. The molecule has 0 fully saturated rings. The van der Waals surface area contributed by atoms with Crippen molar-refractivity contribution in [1.29, 1.82) is 0 Å². The molecule has 1 atom stereocenters. The Morgan fingerprint density at radius 2 is 1.88 bits per heavy atom. The highest BCUT2D eigenvalue weighted by Gasteiger charge is 2.13. The number of likely N-dealkylation sites (N-methyl/N-ethyl adjacent to an activating group) is 2. The van der Waals surface area contributed by atoms with Gasteiger partial charge in [-0.3, -0.25) is 0 Å². The van der Waals surface area contributed by atoms with Gasteiger partial charge in [0, 0.05) is 12.6 Å². The second kappa shape index (κ2) is 7.46. The molecule has 2 nitrogen and oxygen atoms in total. The number of hydrogen-bond donors (Lipinski definition) is 1. The van der Waals surface area contributed by atoms with Gasteiger partial charge in [0.15, 0.2) is 0 Å². The smallest absolute Gasteiger partial charge is 0.0449 e. The molecule has 0 heterocycles. The molecule has 0 spiro atoms. The van der Waals surface area contributed by atoms with Crippen molar-refractivity contribution in [3.8, 4) is 0 Å². The predicted octanol–water partition coefficient (Wildman–Crippen LogP) is 2.99. The minimum absolute atomic E-state index is 0.444. The Kier molecular flexibility index (Phi) is 6.23. The molecule has 1 aromatic carbocycles. The molecule has 0 aromatic heterocycles. The van der Waals surface area contributed by atoms with E-state index in [0.29, 0.717) is 6.04 Å². The van der Waals surface area contributed by atoms with E-state index in [4.69, 9.17) is 0 Å². The first-order chi connectivity index (χ1) is 8.21. The van der Waals surface area contributed by atoms with E-state index in [1.54, 1.807) is 0 Å². The van der Waals surface area contributed by atoms with E-state index in [2.05, 4.69) is 62.2 Å². The third-order valence-electron chi connectivity index (χ3n) is 3.23. The zero-order valence-corrected chi connectivity index (χ0v) is 11.7. The fourth-order valence-corrected chi connectivity index (χ4v) is 2.16. The van der Waals surface area contributed by atoms with Gasteiger partial charge in [0.05, 0.1) is 0 Å². The van der Waals surface area contributed by atoms with Crippen LogP contribution in [-0.4, -0.2) is 31.1 Å². The molecule has 1 aromatic rings. The molecule has 96 valence electrons. The molecule has 0 bridgehead atoms. The molecule has 0 saturated carbocycles. The van der Waals surface area contributed by atoms with Crippen LogP contribution >= 0.6 is 0 Å². The molecule has 2 heteroatoms. The van der Waals surface area contributed by atoms with Crippen LogP contribution in [0.4, 0.5) is 0 Å². The first-order valence-electron chi connectivity index (χ1n) is 6.73. The highest BCUT2D eigenvalue weighted by Crippen LogP contribution is 2.15. The SMILES string of the molecule is CCNC(CN(CC)CC)c1cccc(C)c1. The average Bonchev–Trinajstić information content (AvgIpc) is 2.34. The molecule has 1 N–H and O–H groups in total. The van der Waals surface area contributed by atoms with Gasteiger partial charge in [-0.2, -0.15) is 0 Å². The number of nitrogens with one attached hydrogen (secondary N) is 1. The number of rotatable bonds is 7. The van der Waals surface area contributed by atoms with Gasteiger partial charge in [-0.15, -0.1) is 0 Å². The summed E-state index contributed by atoms with van der Waals surface area (Å²) >= 11 is 0. The van der Waals surface area contributed by atoms with E-state index >= 15 is 0 Å². The molecule has 0 aliphatic rings. The summed E-state index contributed by atoms with van der Waals surface area (Å²) < 4.78 is 0. The van der Waals surface area contributed by atoms with Crippen LogP contribution in [0.1, 0.15) is 37.9 Å². The van der Waals surface area contributed by atoms with Crippen LogP contribution in [0.3, 0.4) is 0 Å². The Hall–Kier alpha value is -0.860. The predicted molar refractivity (Wildman–Crippen MR) is 75.4 cm³/mol. The van der Waals surface area contributed by atoms with Crippen LogP contribution in [0, 0.1) is 6.92 Å². The van der Waals surface area contributed by atoms with Crippen LogP contribution < -0.4 is 5.32 Å². The van der Waals surface area contributed by atoms with Gasteiger partial charge in [-0.1, -0.05) is 50.6 Å². The van der Waals surface area contributed by atoms with Gasteiger partial charge in [0.1, 0.15) is 0 Å². The van der Waals surface area contributed by atoms with Crippen molar-refractivity contribution < 1.29 is 0 Å². The lowest BCUT2D eigenvalue weighted by Gasteiger charge is -2.26. The van der Waals surface area contributed by atoms with E-state index in [1.165, 1.54) is 11.1 Å². The topological polar surface area (TPSA) is 15.3 Å². The van der Waals surface area contributed by atoms with Crippen molar-refractivity contribution in [1.82, 2.24) is 10.2 Å². The molecular weight excluding hydrogens is 208 g/mol. The van der Waals surface area contributed by atoms with Crippen molar-refractivity contribution in [2.45, 2.75) is 33.7 Å². The van der Waals surface area contributed by atoms with E-state index in [9.17, 15) is 0 Å². The fraction of sp³-hybridized carbons (Fsp3) is 0.600. The molecule has 1 rings (SSSR count). The molecule has 1 unspecified atom stereocenters. The van der Waals surface area contributed by atoms with Crippen LogP contribution in [0.5, 0.6) is 0 Å². The lowest BCUT2D eigenvalue weighted by Crippen LogP contribution is -2.35. The van der Waals surface area contributed by atoms with Crippen LogP contribution in [0.2, 0.25) is 0 Å². The number of aryl methyl sites for hydroxylation is 1. The second-order valence-corrected chi connectivity index (χ2v) is 4.51. The lowest BCUT2D eigenvalue weighted by atomic mass is 10.0. The first kappa shape index (κ1) is 14.2. The summed E-state index contributed by atoms with van der Waals surface area (Å²) in [6, 6.07) is 9.27. The Balaban J connectivity index is 2.77. The lowest BCUT2D eigenvalue weighted by molar-refractivity contribution is 0.267. The Labute approximate surface area is 106 Å². The Morgan fingerprint density at radius 3 is 2.41 bits per heavy atom. The summed E-state index contributed by atoms with van der Waals surface area (Å²) in [5.74, 6) is 0. The van der Waals surface area contributed by atoms with E-state index in [0.717, 1.165) is 26.2 Å². The van der Waals surface area contributed by atoms with Crippen molar-refractivity contribution in [3.63, 3.8) is 0 Å². The van der Waals surface area contributed by atoms with Gasteiger partial charge < -0.3 is 10.2 Å². The summed E-state index contributed by atoms with van der Waals surface area (Å²) in [7, 11) is 0. The van der Waals surface area contributed by atoms with E-state index < -0.39 is 0 Å². The maximum Gasteiger partial charge on any atom is 0.0449 e. The van der Waals surface area contributed by atoms with Gasteiger partial charge in [-0.25, -0.2) is 0 Å². The van der Waals surface area contributed by atoms with Crippen molar-refractivity contribution >= 4 is 0 Å². The quantitative estimate of drug-likeness (QED) is 0.780. The third-order valence-corrected chi connectivity index (χ3v) is 3.23. The summed E-state index contributed by atoms with van der Waals surface area (Å²) in [5.41, 5.74) is 2.74. The monoisotopic (exact) mass is 234 g/mol. The van der Waals surface area contributed by atoms with E-state index in [1.807, 2.05) is 0 Å². The van der Waals surface area contributed by atoms with Crippen LogP contribution in [-0.2, 0) is 0 Å². The molecule has 0 amide bonds. The largest absolute Gasteiger partial charge is 0.309 e. The van der Waals surface area contributed by atoms with Gasteiger partial charge in [0.2, 0.25) is 0 Å². The van der Waals surface area contributed by atoms with Gasteiger partial charge in [-0.05, 0) is 32.1 Å². The maximum atomic E-state index is 3.58. The maximum absolute atomic E-state index is 3.58.